The van der Waals surface area contributed by atoms with Crippen LogP contribution in [-0.4, -0.2) is 0 Å². The van der Waals surface area contributed by atoms with E-state index in [2.05, 4.69) is 109 Å². The maximum Gasteiger partial charge on any atom is 0.0597 e. The molecule has 0 saturated heterocycles. The van der Waals surface area contributed by atoms with Crippen molar-refractivity contribution in [2.75, 3.05) is 0 Å². The first kappa shape index (κ1) is 18.5. The summed E-state index contributed by atoms with van der Waals surface area (Å²) in [5.74, 6) is 0. The Kier molecular flexibility index (Phi) is 5.87. The van der Waals surface area contributed by atoms with Crippen LogP contribution in [0.5, 0.6) is 0 Å². The van der Waals surface area contributed by atoms with Gasteiger partial charge in [0.2, 0.25) is 0 Å². The Bertz CT molecular complexity index is 929. The van der Waals surface area contributed by atoms with E-state index in [4.69, 9.17) is 0 Å². The molecule has 0 aromatic carbocycles. The summed E-state index contributed by atoms with van der Waals surface area (Å²) in [5, 5.41) is 0. The second-order valence-electron chi connectivity index (χ2n) is 7.54. The van der Waals surface area contributed by atoms with Gasteiger partial charge in [-0.1, -0.05) is 109 Å². The van der Waals surface area contributed by atoms with Crippen molar-refractivity contribution in [1.82, 2.24) is 0 Å². The molecule has 0 bridgehead atoms. The van der Waals surface area contributed by atoms with Crippen LogP contribution in [0.2, 0.25) is 0 Å². The molecule has 0 saturated carbocycles. The summed E-state index contributed by atoms with van der Waals surface area (Å²) in [4.78, 5) is 0. The molecule has 1 atom stereocenters. The molecule has 1 unspecified atom stereocenters. The molecule has 0 fully saturated rings. The largest absolute Gasteiger partial charge is 0.0845 e. The summed E-state index contributed by atoms with van der Waals surface area (Å²) >= 11 is 0. The topological polar surface area (TPSA) is 0 Å². The van der Waals surface area contributed by atoms with Gasteiger partial charge in [0.1, 0.15) is 0 Å². The highest BCUT2D eigenvalue weighted by atomic mass is 14.4. The molecule has 140 valence electrons. The molecule has 0 aliphatic heterocycles. The Balaban J connectivity index is 1.91. The number of hydrogen-bond acceptors (Lipinski definition) is 0. The monoisotopic (exact) mass is 364 g/mol. The van der Waals surface area contributed by atoms with E-state index < -0.39 is 0 Å². The van der Waals surface area contributed by atoms with Gasteiger partial charge in [-0.15, -0.1) is 0 Å². The van der Waals surface area contributed by atoms with Crippen molar-refractivity contribution in [1.29, 1.82) is 0 Å². The lowest BCUT2D eigenvalue weighted by molar-refractivity contribution is 0.632. The Morgan fingerprint density at radius 1 is 0.714 bits per heavy atom. The minimum Gasteiger partial charge on any atom is -0.0845 e. The second-order valence-corrected chi connectivity index (χ2v) is 7.54. The van der Waals surface area contributed by atoms with Gasteiger partial charge in [0.05, 0.1) is 5.41 Å². The number of rotatable bonds is 3. The molecular formula is C28H28. The van der Waals surface area contributed by atoms with Crippen LogP contribution in [0.25, 0.3) is 0 Å². The average Bonchev–Trinajstić information content (AvgIpc) is 3.13. The van der Waals surface area contributed by atoms with Crippen molar-refractivity contribution in [2.45, 2.75) is 32.1 Å². The standard InChI is InChI=1S/C28H28/c1-2-10-18-25(19-11-3-1)28(26-20-12-6-7-13-21-26)23-15-14-22-27(28)24-16-8-4-5-9-17-24/h1-4,6-8,10-13,15-16,18-20,22-23H,5,9,14,17,21H2/b2-1-,3-1?,10-2?,11-3-,18-10?,19-11?,25-18?,25-19?. The normalized spacial score (nSPS) is 28.9. The molecule has 0 radical (unpaired) electrons. The van der Waals surface area contributed by atoms with Crippen LogP contribution in [0.4, 0.5) is 0 Å². The first-order valence-corrected chi connectivity index (χ1v) is 10.4. The summed E-state index contributed by atoms with van der Waals surface area (Å²) in [5.41, 5.74) is 5.49. The SMILES string of the molecule is C1=CC=C(C2(C3=C/C=C\C=C/C=C3)C=CCC=C2C2=CC=CCCC2)CC=C1. The summed E-state index contributed by atoms with van der Waals surface area (Å²) < 4.78 is 0. The zero-order chi connectivity index (χ0) is 19.1. The summed E-state index contributed by atoms with van der Waals surface area (Å²) in [6.07, 6.45) is 45.9. The predicted molar refractivity (Wildman–Crippen MR) is 122 cm³/mol. The van der Waals surface area contributed by atoms with Gasteiger partial charge >= 0.3 is 0 Å². The summed E-state index contributed by atoms with van der Waals surface area (Å²) in [6, 6.07) is 0. The smallest absolute Gasteiger partial charge is 0.0597 e. The van der Waals surface area contributed by atoms with Crippen LogP contribution in [-0.2, 0) is 0 Å². The van der Waals surface area contributed by atoms with E-state index in [1.54, 1.807) is 0 Å². The molecule has 28 heavy (non-hydrogen) atoms. The highest BCUT2D eigenvalue weighted by Gasteiger charge is 2.40. The zero-order valence-electron chi connectivity index (χ0n) is 16.4. The first-order valence-electron chi connectivity index (χ1n) is 10.4. The van der Waals surface area contributed by atoms with Crippen LogP contribution in [0.3, 0.4) is 0 Å². The molecule has 0 heterocycles. The van der Waals surface area contributed by atoms with Gasteiger partial charge in [0, 0.05) is 0 Å². The third kappa shape index (κ3) is 3.73. The van der Waals surface area contributed by atoms with Crippen LogP contribution in [0.1, 0.15) is 32.1 Å². The van der Waals surface area contributed by atoms with Crippen molar-refractivity contribution >= 4 is 0 Å². The van der Waals surface area contributed by atoms with Gasteiger partial charge in [-0.25, -0.2) is 0 Å². The molecule has 4 aliphatic rings. The van der Waals surface area contributed by atoms with Gasteiger partial charge in [0.25, 0.3) is 0 Å². The lowest BCUT2D eigenvalue weighted by Crippen LogP contribution is -2.29. The van der Waals surface area contributed by atoms with Crippen molar-refractivity contribution in [2.24, 2.45) is 5.41 Å². The fourth-order valence-electron chi connectivity index (χ4n) is 4.48. The zero-order valence-corrected chi connectivity index (χ0v) is 16.4. The van der Waals surface area contributed by atoms with Gasteiger partial charge in [-0.05, 0) is 54.4 Å². The van der Waals surface area contributed by atoms with Crippen LogP contribution < -0.4 is 0 Å². The number of hydrogen-bond donors (Lipinski definition) is 0. The molecule has 4 aliphatic carbocycles. The predicted octanol–water partition coefficient (Wildman–Crippen LogP) is 7.58. The van der Waals surface area contributed by atoms with E-state index in [9.17, 15) is 0 Å². The third-order valence-corrected chi connectivity index (χ3v) is 5.80. The van der Waals surface area contributed by atoms with Gasteiger partial charge in [-0.3, -0.25) is 0 Å². The van der Waals surface area contributed by atoms with Crippen LogP contribution >= 0.6 is 0 Å². The minimum absolute atomic E-state index is 0.215. The summed E-state index contributed by atoms with van der Waals surface area (Å²) in [7, 11) is 0. The van der Waals surface area contributed by atoms with E-state index in [0.717, 1.165) is 19.3 Å². The Morgan fingerprint density at radius 2 is 1.57 bits per heavy atom. The van der Waals surface area contributed by atoms with Crippen LogP contribution in [0.15, 0.2) is 132 Å². The Morgan fingerprint density at radius 3 is 2.57 bits per heavy atom. The molecule has 0 heteroatoms. The quantitative estimate of drug-likeness (QED) is 0.453. The average molecular weight is 365 g/mol. The van der Waals surface area contributed by atoms with E-state index in [0.29, 0.717) is 0 Å². The second kappa shape index (κ2) is 8.89. The molecule has 0 spiro atoms. The van der Waals surface area contributed by atoms with Crippen molar-refractivity contribution in [3.63, 3.8) is 0 Å². The molecule has 0 aromatic rings. The number of allylic oxidation sites excluding steroid dienone is 22. The van der Waals surface area contributed by atoms with E-state index >= 15 is 0 Å². The van der Waals surface area contributed by atoms with Crippen molar-refractivity contribution < 1.29 is 0 Å². The minimum atomic E-state index is -0.215. The lowest BCUT2D eigenvalue weighted by Gasteiger charge is -2.40. The molecule has 4 rings (SSSR count). The van der Waals surface area contributed by atoms with Gasteiger partial charge in [-0.2, -0.15) is 0 Å². The van der Waals surface area contributed by atoms with Crippen LogP contribution in [0, 0.1) is 5.41 Å². The molecule has 0 nitrogen and oxygen atoms in total. The van der Waals surface area contributed by atoms with Gasteiger partial charge < -0.3 is 0 Å². The summed E-state index contributed by atoms with van der Waals surface area (Å²) in [6.45, 7) is 0. The third-order valence-electron chi connectivity index (χ3n) is 5.80. The lowest BCUT2D eigenvalue weighted by atomic mass is 9.62. The van der Waals surface area contributed by atoms with E-state index in [1.165, 1.54) is 35.1 Å². The molecule has 0 N–H and O–H groups in total. The van der Waals surface area contributed by atoms with E-state index in [1.807, 2.05) is 0 Å². The maximum atomic E-state index is 2.46. The molecule has 0 amide bonds. The highest BCUT2D eigenvalue weighted by Crippen LogP contribution is 2.52. The van der Waals surface area contributed by atoms with Crippen molar-refractivity contribution in [3.8, 4) is 0 Å². The Hall–Kier alpha value is -2.86. The Labute approximate surface area is 169 Å². The fourth-order valence-corrected chi connectivity index (χ4v) is 4.48. The molecule has 0 aromatic heterocycles. The molecular weight excluding hydrogens is 336 g/mol. The van der Waals surface area contributed by atoms with E-state index in [-0.39, 0.29) is 5.41 Å². The fraction of sp³-hybridized carbons (Fsp3) is 0.214. The highest BCUT2D eigenvalue weighted by molar-refractivity contribution is 5.61. The maximum absolute atomic E-state index is 2.46. The van der Waals surface area contributed by atoms with Crippen molar-refractivity contribution in [3.05, 3.63) is 132 Å². The first-order chi connectivity index (χ1) is 13.9. The van der Waals surface area contributed by atoms with Gasteiger partial charge in [0.15, 0.2) is 0 Å².